The van der Waals surface area contributed by atoms with Gasteiger partial charge in [0.25, 0.3) is 5.91 Å². The summed E-state index contributed by atoms with van der Waals surface area (Å²) in [5.74, 6) is 0.791. The minimum atomic E-state index is -0.553. The Morgan fingerprint density at radius 1 is 1.16 bits per heavy atom. The number of methoxy groups -OCH3 is 2. The van der Waals surface area contributed by atoms with E-state index in [-0.39, 0.29) is 11.3 Å². The van der Waals surface area contributed by atoms with E-state index in [2.05, 4.69) is 33.1 Å². The molecular formula is C23H20ClIN2O5. The molecule has 0 unspecified atom stereocenters. The number of benzene rings is 3. The van der Waals surface area contributed by atoms with Crippen LogP contribution in [0.1, 0.15) is 21.5 Å². The number of carbonyl (C=O) groups excluding carboxylic acids is 1. The van der Waals surface area contributed by atoms with Gasteiger partial charge in [-0.1, -0.05) is 29.8 Å². The van der Waals surface area contributed by atoms with E-state index in [1.165, 1.54) is 25.5 Å². The summed E-state index contributed by atoms with van der Waals surface area (Å²) in [6.07, 6.45) is 1.47. The van der Waals surface area contributed by atoms with Crippen LogP contribution in [0.5, 0.6) is 23.0 Å². The van der Waals surface area contributed by atoms with Gasteiger partial charge in [-0.05, 0) is 58.5 Å². The number of nitrogens with one attached hydrogen (secondary N) is 1. The van der Waals surface area contributed by atoms with Crippen molar-refractivity contribution in [2.75, 3.05) is 14.2 Å². The zero-order valence-corrected chi connectivity index (χ0v) is 20.2. The minimum Gasteiger partial charge on any atom is -0.507 e. The SMILES string of the molecule is COc1ccc(C(=O)N/N=C\c2cc(I)c(OCc3ccccc3Cl)c(OC)c2)c(O)c1. The molecule has 166 valence electrons. The van der Waals surface area contributed by atoms with Gasteiger partial charge in [-0.15, -0.1) is 0 Å². The van der Waals surface area contributed by atoms with Gasteiger partial charge >= 0.3 is 0 Å². The van der Waals surface area contributed by atoms with E-state index in [4.69, 9.17) is 25.8 Å². The number of phenolic OH excluding ortho intramolecular Hbond substituents is 1. The molecule has 0 bridgehead atoms. The van der Waals surface area contributed by atoms with Crippen LogP contribution in [0.15, 0.2) is 59.7 Å². The maximum Gasteiger partial charge on any atom is 0.275 e. The Morgan fingerprint density at radius 3 is 2.62 bits per heavy atom. The van der Waals surface area contributed by atoms with Crippen molar-refractivity contribution in [3.05, 3.63) is 79.9 Å². The van der Waals surface area contributed by atoms with E-state index in [1.807, 2.05) is 30.3 Å². The van der Waals surface area contributed by atoms with Crippen LogP contribution in [0.3, 0.4) is 0 Å². The average Bonchev–Trinajstić information content (AvgIpc) is 2.78. The normalized spacial score (nSPS) is 10.8. The van der Waals surface area contributed by atoms with Gasteiger partial charge in [0.1, 0.15) is 18.1 Å². The highest BCUT2D eigenvalue weighted by atomic mass is 127. The molecule has 0 saturated heterocycles. The lowest BCUT2D eigenvalue weighted by Crippen LogP contribution is -2.17. The van der Waals surface area contributed by atoms with Crippen molar-refractivity contribution in [1.29, 1.82) is 0 Å². The van der Waals surface area contributed by atoms with Crippen LogP contribution in [-0.4, -0.2) is 31.4 Å². The molecule has 0 spiro atoms. The summed E-state index contributed by atoms with van der Waals surface area (Å²) in [6.45, 7) is 0.293. The average molecular weight is 567 g/mol. The van der Waals surface area contributed by atoms with Crippen molar-refractivity contribution in [1.82, 2.24) is 5.43 Å². The van der Waals surface area contributed by atoms with Gasteiger partial charge < -0.3 is 19.3 Å². The molecular weight excluding hydrogens is 547 g/mol. The molecule has 0 aromatic heterocycles. The quantitative estimate of drug-likeness (QED) is 0.227. The molecule has 3 aromatic rings. The third-order valence-electron chi connectivity index (χ3n) is 4.41. The Balaban J connectivity index is 1.70. The topological polar surface area (TPSA) is 89.4 Å². The van der Waals surface area contributed by atoms with Crippen molar-refractivity contribution in [2.24, 2.45) is 5.10 Å². The van der Waals surface area contributed by atoms with Crippen LogP contribution in [0.4, 0.5) is 0 Å². The zero-order valence-electron chi connectivity index (χ0n) is 17.3. The number of aromatic hydroxyl groups is 1. The maximum atomic E-state index is 12.3. The van der Waals surface area contributed by atoms with Gasteiger partial charge in [0, 0.05) is 16.7 Å². The fraction of sp³-hybridized carbons (Fsp3) is 0.130. The molecule has 0 fully saturated rings. The summed E-state index contributed by atoms with van der Waals surface area (Å²) in [5.41, 5.74) is 4.03. The largest absolute Gasteiger partial charge is 0.507 e. The molecule has 1 amide bonds. The Morgan fingerprint density at radius 2 is 1.94 bits per heavy atom. The second-order valence-electron chi connectivity index (χ2n) is 6.50. The molecule has 7 nitrogen and oxygen atoms in total. The number of amides is 1. The first-order valence-electron chi connectivity index (χ1n) is 9.37. The molecule has 9 heteroatoms. The summed E-state index contributed by atoms with van der Waals surface area (Å²) in [6, 6.07) is 15.4. The van der Waals surface area contributed by atoms with Crippen LogP contribution in [-0.2, 0) is 6.61 Å². The van der Waals surface area contributed by atoms with Gasteiger partial charge in [-0.25, -0.2) is 5.43 Å². The van der Waals surface area contributed by atoms with Crippen molar-refractivity contribution in [3.8, 4) is 23.0 Å². The number of hydrogen-bond acceptors (Lipinski definition) is 6. The maximum absolute atomic E-state index is 12.3. The molecule has 3 aromatic carbocycles. The predicted molar refractivity (Wildman–Crippen MR) is 131 cm³/mol. The lowest BCUT2D eigenvalue weighted by molar-refractivity contribution is 0.0952. The summed E-state index contributed by atoms with van der Waals surface area (Å²) in [7, 11) is 3.02. The summed E-state index contributed by atoms with van der Waals surface area (Å²) < 4.78 is 17.2. The van der Waals surface area contributed by atoms with Gasteiger partial charge in [-0.2, -0.15) is 5.10 Å². The number of phenols is 1. The number of hydrazone groups is 1. The van der Waals surface area contributed by atoms with Crippen LogP contribution in [0.2, 0.25) is 5.02 Å². The highest BCUT2D eigenvalue weighted by Gasteiger charge is 2.13. The Kier molecular flexibility index (Phi) is 8.18. The lowest BCUT2D eigenvalue weighted by atomic mass is 10.2. The van der Waals surface area contributed by atoms with Crippen molar-refractivity contribution < 1.29 is 24.1 Å². The van der Waals surface area contributed by atoms with Gasteiger partial charge in [0.15, 0.2) is 11.5 Å². The summed E-state index contributed by atoms with van der Waals surface area (Å²) >= 11 is 8.33. The van der Waals surface area contributed by atoms with Crippen LogP contribution >= 0.6 is 34.2 Å². The molecule has 32 heavy (non-hydrogen) atoms. The highest BCUT2D eigenvalue weighted by molar-refractivity contribution is 14.1. The van der Waals surface area contributed by atoms with E-state index in [0.717, 1.165) is 9.13 Å². The molecule has 0 heterocycles. The summed E-state index contributed by atoms with van der Waals surface area (Å²) in [5, 5.41) is 14.6. The fourth-order valence-electron chi connectivity index (χ4n) is 2.78. The highest BCUT2D eigenvalue weighted by Crippen LogP contribution is 2.34. The van der Waals surface area contributed by atoms with Crippen LogP contribution in [0, 0.1) is 3.57 Å². The number of hydrogen-bond donors (Lipinski definition) is 2. The second kappa shape index (κ2) is 11.1. The monoisotopic (exact) mass is 566 g/mol. The standard InChI is InChI=1S/C23H20ClIN2O5/c1-30-16-7-8-17(20(28)11-16)23(29)27-26-12-14-9-19(25)22(21(10-14)31-2)32-13-15-5-3-4-6-18(15)24/h3-12,28H,13H2,1-2H3,(H,27,29)/b26-12-. The van der Waals surface area contributed by atoms with E-state index in [1.54, 1.807) is 19.2 Å². The Labute approximate surface area is 204 Å². The molecule has 0 aliphatic rings. The minimum absolute atomic E-state index is 0.0819. The first kappa shape index (κ1) is 23.7. The van der Waals surface area contributed by atoms with E-state index in [9.17, 15) is 9.90 Å². The van der Waals surface area contributed by atoms with Crippen LogP contribution in [0.25, 0.3) is 0 Å². The number of ether oxygens (including phenoxy) is 3. The van der Waals surface area contributed by atoms with E-state index < -0.39 is 5.91 Å². The van der Waals surface area contributed by atoms with Crippen molar-refractivity contribution in [2.45, 2.75) is 6.61 Å². The fourth-order valence-corrected chi connectivity index (χ4v) is 3.75. The predicted octanol–water partition coefficient (Wildman–Crippen LogP) is 5.01. The number of halogens is 2. The Bertz CT molecular complexity index is 1150. The lowest BCUT2D eigenvalue weighted by Gasteiger charge is -2.14. The molecule has 0 aliphatic heterocycles. The van der Waals surface area contributed by atoms with Crippen molar-refractivity contribution >= 4 is 46.3 Å². The third-order valence-corrected chi connectivity index (χ3v) is 5.58. The molecule has 0 aliphatic carbocycles. The number of carbonyl (C=O) groups is 1. The van der Waals surface area contributed by atoms with Crippen LogP contribution < -0.4 is 19.6 Å². The number of rotatable bonds is 8. The third kappa shape index (κ3) is 5.83. The first-order valence-corrected chi connectivity index (χ1v) is 10.8. The summed E-state index contributed by atoms with van der Waals surface area (Å²) in [4.78, 5) is 12.3. The first-order chi connectivity index (χ1) is 15.4. The van der Waals surface area contributed by atoms with E-state index >= 15 is 0 Å². The molecule has 0 saturated carbocycles. The van der Waals surface area contributed by atoms with Gasteiger partial charge in [0.2, 0.25) is 0 Å². The van der Waals surface area contributed by atoms with Gasteiger partial charge in [-0.3, -0.25) is 4.79 Å². The second-order valence-corrected chi connectivity index (χ2v) is 8.07. The Hall–Kier alpha value is -2.98. The zero-order chi connectivity index (χ0) is 23.1. The molecule has 2 N–H and O–H groups in total. The molecule has 3 rings (SSSR count). The van der Waals surface area contributed by atoms with Crippen molar-refractivity contribution in [3.63, 3.8) is 0 Å². The van der Waals surface area contributed by atoms with E-state index in [0.29, 0.717) is 34.4 Å². The smallest absolute Gasteiger partial charge is 0.275 e. The number of nitrogens with zero attached hydrogens (tertiary/aromatic N) is 1. The van der Waals surface area contributed by atoms with Gasteiger partial charge in [0.05, 0.1) is 29.6 Å². The molecule has 0 atom stereocenters. The molecule has 0 radical (unpaired) electrons.